The summed E-state index contributed by atoms with van der Waals surface area (Å²) in [6.07, 6.45) is 0. The second-order valence-corrected chi connectivity index (χ2v) is 9.89. The van der Waals surface area contributed by atoms with Crippen molar-refractivity contribution >= 4 is 17.8 Å². The summed E-state index contributed by atoms with van der Waals surface area (Å²) < 4.78 is 5.53. The van der Waals surface area contributed by atoms with Crippen LogP contribution in [0.5, 0.6) is 5.75 Å². The first kappa shape index (κ1) is 21.7. The molecule has 3 aliphatic carbocycles. The topological polar surface area (TPSA) is 63.7 Å². The fourth-order valence-electron chi connectivity index (χ4n) is 6.53. The number of esters is 1. The van der Waals surface area contributed by atoms with Gasteiger partial charge in [0, 0.05) is 11.8 Å². The van der Waals surface area contributed by atoms with E-state index < -0.39 is 24.3 Å². The molecule has 0 aromatic heterocycles. The molecule has 8 rings (SSSR count). The number of hydrogen-bond donors (Lipinski definition) is 0. The maximum absolute atomic E-state index is 13.6. The molecule has 0 saturated carbocycles. The Kier molecular flexibility index (Phi) is 4.86. The van der Waals surface area contributed by atoms with Gasteiger partial charge >= 0.3 is 5.97 Å². The molecule has 2 unspecified atom stereocenters. The van der Waals surface area contributed by atoms with Crippen molar-refractivity contribution in [3.05, 3.63) is 125 Å². The highest BCUT2D eigenvalue weighted by atomic mass is 16.5. The Morgan fingerprint density at radius 3 is 1.51 bits per heavy atom. The second kappa shape index (κ2) is 8.27. The number of amides is 2. The largest absolute Gasteiger partial charge is 0.425 e. The smallest absolute Gasteiger partial charge is 0.331 e. The fraction of sp³-hybridized carbons (Fsp3) is 0.156. The molecule has 2 atom stereocenters. The average molecular weight is 486 g/mol. The van der Waals surface area contributed by atoms with Crippen LogP contribution >= 0.6 is 0 Å². The number of rotatable bonds is 4. The van der Waals surface area contributed by atoms with Gasteiger partial charge in [0.1, 0.15) is 12.3 Å². The average Bonchev–Trinajstić information content (AvgIpc) is 3.19. The number of nitrogens with zero attached hydrogens (tertiary/aromatic N) is 1. The molecule has 0 N–H and O–H groups in total. The highest BCUT2D eigenvalue weighted by Crippen LogP contribution is 2.60. The van der Waals surface area contributed by atoms with E-state index in [9.17, 15) is 14.4 Å². The molecule has 37 heavy (non-hydrogen) atoms. The van der Waals surface area contributed by atoms with Gasteiger partial charge in [-0.25, -0.2) is 4.79 Å². The summed E-state index contributed by atoms with van der Waals surface area (Å²) in [5.74, 6) is -2.21. The van der Waals surface area contributed by atoms with Crippen LogP contribution in [0.25, 0.3) is 11.1 Å². The van der Waals surface area contributed by atoms with E-state index in [0.717, 1.165) is 38.3 Å². The van der Waals surface area contributed by atoms with Gasteiger partial charge in [-0.2, -0.15) is 0 Å². The summed E-state index contributed by atoms with van der Waals surface area (Å²) in [6.45, 7) is -0.392. The van der Waals surface area contributed by atoms with E-state index in [1.165, 1.54) is 0 Å². The number of imide groups is 1. The third kappa shape index (κ3) is 3.27. The third-order valence-corrected chi connectivity index (χ3v) is 8.02. The molecule has 5 nitrogen and oxygen atoms in total. The van der Waals surface area contributed by atoms with E-state index in [-0.39, 0.29) is 23.7 Å². The molecule has 4 aromatic carbocycles. The number of benzene rings is 4. The number of carbonyl (C=O) groups excluding carboxylic acids is 3. The molecule has 0 radical (unpaired) electrons. The normalized spacial score (nSPS) is 22.9. The number of carbonyl (C=O) groups is 3. The Morgan fingerprint density at radius 2 is 1.03 bits per heavy atom. The quantitative estimate of drug-likeness (QED) is 0.228. The summed E-state index contributed by atoms with van der Waals surface area (Å²) in [5.41, 5.74) is 6.50. The van der Waals surface area contributed by atoms with Crippen molar-refractivity contribution in [3.8, 4) is 16.9 Å². The van der Waals surface area contributed by atoms with Crippen molar-refractivity contribution in [1.29, 1.82) is 0 Å². The van der Waals surface area contributed by atoms with Crippen LogP contribution < -0.4 is 4.74 Å². The predicted octanol–water partition coefficient (Wildman–Crippen LogP) is 5.15. The van der Waals surface area contributed by atoms with Gasteiger partial charge in [-0.05, 0) is 45.5 Å². The lowest BCUT2D eigenvalue weighted by atomic mass is 9.55. The summed E-state index contributed by atoms with van der Waals surface area (Å²) >= 11 is 0. The van der Waals surface area contributed by atoms with E-state index in [4.69, 9.17) is 4.74 Å². The van der Waals surface area contributed by atoms with Gasteiger partial charge < -0.3 is 4.74 Å². The van der Waals surface area contributed by atoms with Gasteiger partial charge in [0.2, 0.25) is 11.8 Å². The van der Waals surface area contributed by atoms with E-state index in [1.807, 2.05) is 66.7 Å². The minimum absolute atomic E-state index is 0.189. The highest BCUT2D eigenvalue weighted by molar-refractivity contribution is 6.09. The van der Waals surface area contributed by atoms with Crippen molar-refractivity contribution < 1.29 is 19.1 Å². The summed E-state index contributed by atoms with van der Waals surface area (Å²) in [7, 11) is 0. The van der Waals surface area contributed by atoms with Crippen LogP contribution in [0.1, 0.15) is 34.1 Å². The van der Waals surface area contributed by atoms with Crippen molar-refractivity contribution in [3.63, 3.8) is 0 Å². The van der Waals surface area contributed by atoms with E-state index in [2.05, 4.69) is 24.3 Å². The highest BCUT2D eigenvalue weighted by Gasteiger charge is 2.61. The first-order valence-corrected chi connectivity index (χ1v) is 12.5. The number of ether oxygens (including phenoxy) is 1. The molecule has 1 fully saturated rings. The molecule has 2 amide bonds. The van der Waals surface area contributed by atoms with Crippen LogP contribution in [-0.2, 0) is 14.4 Å². The van der Waals surface area contributed by atoms with Gasteiger partial charge in [-0.15, -0.1) is 0 Å². The van der Waals surface area contributed by atoms with Crippen LogP contribution in [0.2, 0.25) is 0 Å². The standard InChI is InChI=1S/C32H23NO4/c34-26(37-21-16-14-20(15-17-21)19-8-2-1-3-9-19)18-33-31(35)29-27-22-10-4-5-11-23(22)28(30(29)32(33)36)25-13-7-6-12-24(25)27/h1-17,27-30H,18H2. The lowest BCUT2D eigenvalue weighted by Gasteiger charge is -2.45. The zero-order chi connectivity index (χ0) is 25.1. The Morgan fingerprint density at radius 1 is 0.595 bits per heavy atom. The summed E-state index contributed by atoms with van der Waals surface area (Å²) in [5, 5.41) is 0. The molecule has 1 aliphatic heterocycles. The molecule has 4 aromatic rings. The number of likely N-dealkylation sites (tertiary alicyclic amines) is 1. The molecule has 5 heteroatoms. The number of hydrogen-bond acceptors (Lipinski definition) is 4. The molecular weight excluding hydrogens is 462 g/mol. The lowest BCUT2D eigenvalue weighted by Crippen LogP contribution is -2.41. The maximum atomic E-state index is 13.6. The minimum atomic E-state index is -0.629. The molecule has 0 spiro atoms. The van der Waals surface area contributed by atoms with Crippen molar-refractivity contribution in [1.82, 2.24) is 4.90 Å². The Labute approximate surface area is 214 Å². The van der Waals surface area contributed by atoms with Crippen molar-refractivity contribution in [2.24, 2.45) is 11.8 Å². The van der Waals surface area contributed by atoms with Crippen LogP contribution in [-0.4, -0.2) is 29.2 Å². The third-order valence-electron chi connectivity index (χ3n) is 8.02. The fourth-order valence-corrected chi connectivity index (χ4v) is 6.53. The van der Waals surface area contributed by atoms with Gasteiger partial charge in [0.25, 0.3) is 0 Å². The van der Waals surface area contributed by atoms with Gasteiger partial charge in [-0.3, -0.25) is 14.5 Å². The molecule has 4 aliphatic rings. The van der Waals surface area contributed by atoms with E-state index >= 15 is 0 Å². The summed E-state index contributed by atoms with van der Waals surface area (Å²) in [4.78, 5) is 41.3. The molecule has 2 bridgehead atoms. The Hall–Kier alpha value is -4.51. The van der Waals surface area contributed by atoms with Gasteiger partial charge in [-0.1, -0.05) is 91.0 Å². The van der Waals surface area contributed by atoms with Crippen LogP contribution in [0.4, 0.5) is 0 Å². The zero-order valence-corrected chi connectivity index (χ0v) is 19.9. The van der Waals surface area contributed by atoms with Crippen molar-refractivity contribution in [2.45, 2.75) is 11.8 Å². The first-order chi connectivity index (χ1) is 18.1. The Balaban J connectivity index is 1.14. The second-order valence-electron chi connectivity index (χ2n) is 9.89. The molecule has 180 valence electrons. The monoisotopic (exact) mass is 485 g/mol. The maximum Gasteiger partial charge on any atom is 0.331 e. The first-order valence-electron chi connectivity index (χ1n) is 12.5. The van der Waals surface area contributed by atoms with Gasteiger partial charge in [0.15, 0.2) is 0 Å². The van der Waals surface area contributed by atoms with E-state index in [0.29, 0.717) is 5.75 Å². The predicted molar refractivity (Wildman–Crippen MR) is 138 cm³/mol. The minimum Gasteiger partial charge on any atom is -0.425 e. The Bertz CT molecular complexity index is 1440. The lowest BCUT2D eigenvalue weighted by molar-refractivity contribution is -0.148. The van der Waals surface area contributed by atoms with Crippen molar-refractivity contribution in [2.75, 3.05) is 6.54 Å². The zero-order valence-electron chi connectivity index (χ0n) is 19.9. The summed E-state index contributed by atoms with van der Waals surface area (Å²) in [6, 6.07) is 33.3. The van der Waals surface area contributed by atoms with Crippen LogP contribution in [0, 0.1) is 11.8 Å². The van der Waals surface area contributed by atoms with E-state index in [1.54, 1.807) is 12.1 Å². The molecule has 1 heterocycles. The SMILES string of the molecule is O=C(CN1C(=O)C2C3c4ccccc4C(c4ccccc43)C2C1=O)Oc1ccc(-c2ccccc2)cc1. The van der Waals surface area contributed by atoms with Gasteiger partial charge in [0.05, 0.1) is 11.8 Å². The molecular formula is C32H23NO4. The molecule has 1 saturated heterocycles. The van der Waals surface area contributed by atoms with Crippen LogP contribution in [0.15, 0.2) is 103 Å². The van der Waals surface area contributed by atoms with Crippen LogP contribution in [0.3, 0.4) is 0 Å².